The molecule has 100 valence electrons. The van der Waals surface area contributed by atoms with Gasteiger partial charge in [0.2, 0.25) is 5.91 Å². The van der Waals surface area contributed by atoms with Gasteiger partial charge < -0.3 is 10.2 Å². The highest BCUT2D eigenvalue weighted by Crippen LogP contribution is 2.21. The molecule has 7 nitrogen and oxygen atoms in total. The van der Waals surface area contributed by atoms with Gasteiger partial charge in [-0.2, -0.15) is 5.10 Å². The summed E-state index contributed by atoms with van der Waals surface area (Å²) in [5.41, 5.74) is 0.670. The number of hydrogen-bond donors (Lipinski definition) is 2. The van der Waals surface area contributed by atoms with Crippen molar-refractivity contribution < 1.29 is 4.79 Å². The summed E-state index contributed by atoms with van der Waals surface area (Å²) in [5, 5.41) is 10.7. The van der Waals surface area contributed by atoms with Crippen molar-refractivity contribution in [3.8, 4) is 0 Å². The number of carbonyl (C=O) groups is 1. The lowest BCUT2D eigenvalue weighted by Gasteiger charge is -2.21. The van der Waals surface area contributed by atoms with E-state index in [1.165, 1.54) is 6.33 Å². The largest absolute Gasteiger partial charge is 0.358 e. The third kappa shape index (κ3) is 2.00. The zero-order chi connectivity index (χ0) is 13.4. The van der Waals surface area contributed by atoms with Gasteiger partial charge in [-0.3, -0.25) is 9.89 Å². The second-order valence-corrected chi connectivity index (χ2v) is 4.97. The Labute approximate surface area is 110 Å². The summed E-state index contributed by atoms with van der Waals surface area (Å²) in [6.45, 7) is 4.84. The van der Waals surface area contributed by atoms with Gasteiger partial charge >= 0.3 is 0 Å². The molecule has 2 aromatic rings. The number of nitrogens with zero attached hydrogens (tertiary/aromatic N) is 4. The minimum Gasteiger partial charge on any atom is -0.358 e. The molecule has 0 unspecified atom stereocenters. The van der Waals surface area contributed by atoms with Gasteiger partial charge in [0.1, 0.15) is 18.2 Å². The van der Waals surface area contributed by atoms with Crippen LogP contribution < -0.4 is 5.32 Å². The number of carbonyl (C=O) groups excluding carboxylic acids is 1. The molecule has 1 saturated heterocycles. The predicted molar refractivity (Wildman–Crippen MR) is 70.6 cm³/mol. The number of hydrogen-bond acceptors (Lipinski definition) is 5. The maximum absolute atomic E-state index is 12.2. The van der Waals surface area contributed by atoms with Gasteiger partial charge in [-0.25, -0.2) is 9.97 Å². The Bertz CT molecular complexity index is 607. The summed E-state index contributed by atoms with van der Waals surface area (Å²) >= 11 is 0. The molecule has 19 heavy (non-hydrogen) atoms. The van der Waals surface area contributed by atoms with Crippen molar-refractivity contribution in [2.45, 2.75) is 32.4 Å². The molecule has 1 fully saturated rings. The van der Waals surface area contributed by atoms with Gasteiger partial charge in [-0.15, -0.1) is 0 Å². The average Bonchev–Trinajstić information content (AvgIpc) is 2.97. The number of H-pyrrole nitrogens is 1. The van der Waals surface area contributed by atoms with Crippen LogP contribution in [-0.4, -0.2) is 49.6 Å². The summed E-state index contributed by atoms with van der Waals surface area (Å²) < 4.78 is 0. The minimum absolute atomic E-state index is 0.130. The van der Waals surface area contributed by atoms with E-state index in [0.29, 0.717) is 11.5 Å². The molecule has 0 bridgehead atoms. The number of amides is 1. The average molecular weight is 260 g/mol. The Balaban J connectivity index is 1.83. The molecule has 1 atom stereocenters. The van der Waals surface area contributed by atoms with Crippen LogP contribution in [0.15, 0.2) is 12.5 Å². The van der Waals surface area contributed by atoms with Gasteiger partial charge in [-0.1, -0.05) is 0 Å². The van der Waals surface area contributed by atoms with E-state index in [0.717, 1.165) is 18.4 Å². The van der Waals surface area contributed by atoms with Gasteiger partial charge in [0, 0.05) is 12.6 Å². The molecule has 0 saturated carbocycles. The van der Waals surface area contributed by atoms with Crippen molar-refractivity contribution >= 4 is 22.8 Å². The standard InChI is InChI=1S/C12H16N6O/c1-7(2)18-4-3-9(12(18)19)16-10-8-5-15-17-11(8)14-6-13-10/h5-7,9H,3-4H2,1-2H3,(H2,13,14,15,16,17)/t9-/m0/s1. The number of likely N-dealkylation sites (tertiary alicyclic amines) is 1. The van der Waals surface area contributed by atoms with E-state index >= 15 is 0 Å². The number of fused-ring (bicyclic) bond motifs is 1. The van der Waals surface area contributed by atoms with Crippen molar-refractivity contribution in [3.05, 3.63) is 12.5 Å². The molecular weight excluding hydrogens is 244 g/mol. The van der Waals surface area contributed by atoms with Crippen molar-refractivity contribution in [1.82, 2.24) is 25.1 Å². The molecular formula is C12H16N6O. The normalized spacial score (nSPS) is 19.6. The Hall–Kier alpha value is -2.18. The molecule has 1 amide bonds. The van der Waals surface area contributed by atoms with E-state index in [9.17, 15) is 4.79 Å². The maximum atomic E-state index is 12.2. The fraction of sp³-hybridized carbons (Fsp3) is 0.500. The van der Waals surface area contributed by atoms with Crippen molar-refractivity contribution in [3.63, 3.8) is 0 Å². The van der Waals surface area contributed by atoms with Crippen LogP contribution in [0.25, 0.3) is 11.0 Å². The number of aromatic amines is 1. The zero-order valence-corrected chi connectivity index (χ0v) is 10.9. The highest BCUT2D eigenvalue weighted by Gasteiger charge is 2.33. The molecule has 7 heteroatoms. The van der Waals surface area contributed by atoms with E-state index < -0.39 is 0 Å². The van der Waals surface area contributed by atoms with Crippen LogP contribution in [0.4, 0.5) is 5.82 Å². The fourth-order valence-electron chi connectivity index (χ4n) is 2.39. The summed E-state index contributed by atoms with van der Waals surface area (Å²) in [6.07, 6.45) is 3.92. The molecule has 0 aromatic carbocycles. The summed E-state index contributed by atoms with van der Waals surface area (Å²) in [6, 6.07) is 0.0223. The van der Waals surface area contributed by atoms with E-state index in [1.807, 2.05) is 18.7 Å². The zero-order valence-electron chi connectivity index (χ0n) is 10.9. The first-order chi connectivity index (χ1) is 9.16. The van der Waals surface area contributed by atoms with Crippen molar-refractivity contribution in [1.29, 1.82) is 0 Å². The Kier molecular flexibility index (Phi) is 2.81. The van der Waals surface area contributed by atoms with Crippen molar-refractivity contribution in [2.24, 2.45) is 0 Å². The van der Waals surface area contributed by atoms with Gasteiger partial charge in [0.05, 0.1) is 11.6 Å². The molecule has 1 aliphatic rings. The summed E-state index contributed by atoms with van der Waals surface area (Å²) in [4.78, 5) is 22.4. The number of nitrogens with one attached hydrogen (secondary N) is 2. The number of anilines is 1. The first kappa shape index (κ1) is 11.9. The lowest BCUT2D eigenvalue weighted by atomic mass is 10.2. The third-order valence-electron chi connectivity index (χ3n) is 3.42. The van der Waals surface area contributed by atoms with E-state index in [4.69, 9.17) is 0 Å². The van der Waals surface area contributed by atoms with Crippen LogP contribution >= 0.6 is 0 Å². The lowest BCUT2D eigenvalue weighted by Crippen LogP contribution is -2.37. The predicted octanol–water partition coefficient (Wildman–Crippen LogP) is 0.774. The van der Waals surface area contributed by atoms with E-state index in [2.05, 4.69) is 25.5 Å². The number of rotatable bonds is 3. The van der Waals surface area contributed by atoms with Gasteiger partial charge in [-0.05, 0) is 20.3 Å². The van der Waals surface area contributed by atoms with E-state index in [-0.39, 0.29) is 18.0 Å². The highest BCUT2D eigenvalue weighted by atomic mass is 16.2. The van der Waals surface area contributed by atoms with Crippen molar-refractivity contribution in [2.75, 3.05) is 11.9 Å². The Morgan fingerprint density at radius 2 is 2.32 bits per heavy atom. The minimum atomic E-state index is -0.213. The van der Waals surface area contributed by atoms with Crippen LogP contribution in [-0.2, 0) is 4.79 Å². The third-order valence-corrected chi connectivity index (χ3v) is 3.42. The molecule has 1 aliphatic heterocycles. The van der Waals surface area contributed by atoms with Gasteiger partial charge in [0.15, 0.2) is 5.65 Å². The molecule has 0 radical (unpaired) electrons. The van der Waals surface area contributed by atoms with Crippen LogP contribution in [0.1, 0.15) is 20.3 Å². The maximum Gasteiger partial charge on any atom is 0.245 e. The molecule has 3 rings (SSSR count). The fourth-order valence-corrected chi connectivity index (χ4v) is 2.39. The monoisotopic (exact) mass is 260 g/mol. The number of aromatic nitrogens is 4. The second kappa shape index (κ2) is 4.49. The molecule has 2 N–H and O–H groups in total. The smallest absolute Gasteiger partial charge is 0.245 e. The van der Waals surface area contributed by atoms with Crippen LogP contribution in [0.2, 0.25) is 0 Å². The molecule has 3 heterocycles. The summed E-state index contributed by atoms with van der Waals surface area (Å²) in [7, 11) is 0. The lowest BCUT2D eigenvalue weighted by molar-refractivity contribution is -0.129. The van der Waals surface area contributed by atoms with Crippen LogP contribution in [0.5, 0.6) is 0 Å². The van der Waals surface area contributed by atoms with Crippen LogP contribution in [0, 0.1) is 0 Å². The first-order valence-electron chi connectivity index (χ1n) is 6.38. The van der Waals surface area contributed by atoms with Gasteiger partial charge in [0.25, 0.3) is 0 Å². The topological polar surface area (TPSA) is 86.8 Å². The summed E-state index contributed by atoms with van der Waals surface area (Å²) in [5.74, 6) is 0.785. The first-order valence-corrected chi connectivity index (χ1v) is 6.38. The molecule has 0 spiro atoms. The quantitative estimate of drug-likeness (QED) is 0.851. The molecule has 0 aliphatic carbocycles. The highest BCUT2D eigenvalue weighted by molar-refractivity contribution is 5.91. The Morgan fingerprint density at radius 1 is 1.47 bits per heavy atom. The van der Waals surface area contributed by atoms with E-state index in [1.54, 1.807) is 6.20 Å². The SMILES string of the molecule is CC(C)N1CC[C@H](Nc2ncnc3[nH]ncc23)C1=O. The molecule has 2 aromatic heterocycles. The van der Waals surface area contributed by atoms with Crippen LogP contribution in [0.3, 0.4) is 0 Å². The second-order valence-electron chi connectivity index (χ2n) is 4.97. The Morgan fingerprint density at radius 3 is 3.05 bits per heavy atom.